The Morgan fingerprint density at radius 2 is 1.95 bits per heavy atom. The molecule has 3 N–H and O–H groups in total. The number of nitro groups is 1. The van der Waals surface area contributed by atoms with Gasteiger partial charge in [-0.25, -0.2) is 4.98 Å². The molecule has 0 aliphatic heterocycles. The molecule has 1 heterocycles. The number of hydrogen-bond donors (Lipinski definition) is 2. The number of nitrogens with zero attached hydrogens (tertiary/aromatic N) is 4. The lowest BCUT2D eigenvalue weighted by molar-refractivity contribution is -0.384. The van der Waals surface area contributed by atoms with E-state index in [4.69, 9.17) is 40.5 Å². The number of hydrogen-bond acceptors (Lipinski definition) is 7. The molecule has 0 aliphatic carbocycles. The molecule has 8 nitrogen and oxygen atoms in total. The summed E-state index contributed by atoms with van der Waals surface area (Å²) in [5.41, 5.74) is 5.64. The van der Waals surface area contributed by atoms with Crippen molar-refractivity contribution in [1.82, 2.24) is 15.0 Å². The lowest BCUT2D eigenvalue weighted by Crippen LogP contribution is -2.13. The van der Waals surface area contributed by atoms with Crippen LogP contribution in [-0.2, 0) is 10.2 Å². The summed E-state index contributed by atoms with van der Waals surface area (Å²) in [5.74, 6) is -0.421. The molecule has 1 aromatic carbocycles. The fourth-order valence-electron chi connectivity index (χ4n) is 1.63. The standard InChI is InChI=1S/C11H8Cl3N5O3/c12-11(13,14)9-16-8(17-10(15)18-9)3-5-1-2-6(19(21)22)4-7(5)20/h1-2,4,20H,3H2,(H2,15,16,17,18). The minimum absolute atomic E-state index is 0.0320. The van der Waals surface area contributed by atoms with Gasteiger partial charge in [-0.3, -0.25) is 10.1 Å². The van der Waals surface area contributed by atoms with Gasteiger partial charge in [-0.2, -0.15) is 9.97 Å². The third kappa shape index (κ3) is 3.85. The third-order valence-corrected chi connectivity index (χ3v) is 3.09. The Balaban J connectivity index is 2.35. The van der Waals surface area contributed by atoms with E-state index in [1.165, 1.54) is 12.1 Å². The van der Waals surface area contributed by atoms with Crippen LogP contribution in [0, 0.1) is 10.1 Å². The highest BCUT2D eigenvalue weighted by Gasteiger charge is 2.28. The average molecular weight is 365 g/mol. The lowest BCUT2D eigenvalue weighted by Gasteiger charge is -2.11. The molecule has 22 heavy (non-hydrogen) atoms. The van der Waals surface area contributed by atoms with E-state index >= 15 is 0 Å². The first-order valence-electron chi connectivity index (χ1n) is 5.70. The zero-order valence-electron chi connectivity index (χ0n) is 10.7. The third-order valence-electron chi connectivity index (χ3n) is 2.58. The van der Waals surface area contributed by atoms with E-state index in [-0.39, 0.29) is 35.5 Å². The Morgan fingerprint density at radius 3 is 2.50 bits per heavy atom. The number of benzene rings is 1. The molecule has 0 saturated carbocycles. The van der Waals surface area contributed by atoms with Gasteiger partial charge in [-0.1, -0.05) is 34.8 Å². The van der Waals surface area contributed by atoms with Crippen LogP contribution in [0.5, 0.6) is 5.75 Å². The number of alkyl halides is 3. The normalized spacial score (nSPS) is 11.4. The van der Waals surface area contributed by atoms with Gasteiger partial charge < -0.3 is 10.8 Å². The molecule has 0 unspecified atom stereocenters. The first-order valence-corrected chi connectivity index (χ1v) is 6.84. The van der Waals surface area contributed by atoms with Crippen LogP contribution in [0.3, 0.4) is 0 Å². The number of non-ortho nitro benzene ring substituents is 1. The summed E-state index contributed by atoms with van der Waals surface area (Å²) in [6, 6.07) is 3.65. The second-order valence-electron chi connectivity index (χ2n) is 4.18. The van der Waals surface area contributed by atoms with Gasteiger partial charge in [0.2, 0.25) is 9.74 Å². The maximum atomic E-state index is 10.6. The van der Waals surface area contributed by atoms with Crippen LogP contribution in [-0.4, -0.2) is 25.0 Å². The van der Waals surface area contributed by atoms with Gasteiger partial charge in [0.25, 0.3) is 5.69 Å². The van der Waals surface area contributed by atoms with Crippen molar-refractivity contribution in [2.75, 3.05) is 5.73 Å². The van der Waals surface area contributed by atoms with Crippen LogP contribution in [0.2, 0.25) is 0 Å². The van der Waals surface area contributed by atoms with Crippen molar-refractivity contribution < 1.29 is 10.0 Å². The second-order valence-corrected chi connectivity index (χ2v) is 6.46. The van der Waals surface area contributed by atoms with Gasteiger partial charge in [0, 0.05) is 18.1 Å². The molecule has 0 amide bonds. The van der Waals surface area contributed by atoms with Crippen LogP contribution < -0.4 is 5.73 Å². The van der Waals surface area contributed by atoms with Crippen molar-refractivity contribution in [3.05, 3.63) is 45.5 Å². The molecule has 2 rings (SSSR count). The highest BCUT2D eigenvalue weighted by molar-refractivity contribution is 6.66. The minimum atomic E-state index is -1.87. The number of anilines is 1. The maximum absolute atomic E-state index is 10.6. The summed E-state index contributed by atoms with van der Waals surface area (Å²) in [7, 11) is 0. The molecule has 0 atom stereocenters. The SMILES string of the molecule is Nc1nc(Cc2ccc([N+](=O)[O-])cc2O)nc(C(Cl)(Cl)Cl)n1. The Labute approximate surface area is 139 Å². The summed E-state index contributed by atoms with van der Waals surface area (Å²) >= 11 is 17.1. The number of nitrogen functional groups attached to an aromatic ring is 1. The Morgan fingerprint density at radius 1 is 1.27 bits per heavy atom. The van der Waals surface area contributed by atoms with E-state index in [1.54, 1.807) is 0 Å². The van der Waals surface area contributed by atoms with E-state index in [1.807, 2.05) is 0 Å². The molecule has 0 saturated heterocycles. The number of phenolic OH excluding ortho intramolecular Hbond substituents is 1. The summed E-state index contributed by atoms with van der Waals surface area (Å²) < 4.78 is -1.87. The predicted molar refractivity (Wildman–Crippen MR) is 81.0 cm³/mol. The number of aromatic hydroxyl groups is 1. The fraction of sp³-hybridized carbons (Fsp3) is 0.182. The minimum Gasteiger partial charge on any atom is -0.507 e. The summed E-state index contributed by atoms with van der Waals surface area (Å²) in [6.07, 6.45) is 0.0320. The smallest absolute Gasteiger partial charge is 0.273 e. The molecule has 0 bridgehead atoms. The van der Waals surface area contributed by atoms with Crippen molar-refractivity contribution in [2.45, 2.75) is 10.2 Å². The quantitative estimate of drug-likeness (QED) is 0.486. The topological polar surface area (TPSA) is 128 Å². The predicted octanol–water partition coefficient (Wildman–Crippen LogP) is 2.49. The molecule has 0 fully saturated rings. The van der Waals surface area contributed by atoms with E-state index in [0.717, 1.165) is 6.07 Å². The zero-order chi connectivity index (χ0) is 16.5. The number of rotatable bonds is 3. The number of aromatic nitrogens is 3. The van der Waals surface area contributed by atoms with Crippen LogP contribution in [0.25, 0.3) is 0 Å². The molecule has 0 aliphatic rings. The fourth-order valence-corrected chi connectivity index (χ4v) is 1.88. The van der Waals surface area contributed by atoms with E-state index < -0.39 is 8.72 Å². The van der Waals surface area contributed by atoms with Crippen LogP contribution in [0.1, 0.15) is 17.2 Å². The zero-order valence-corrected chi connectivity index (χ0v) is 13.0. The van der Waals surface area contributed by atoms with Gasteiger partial charge in [0.1, 0.15) is 11.6 Å². The van der Waals surface area contributed by atoms with Crippen LogP contribution >= 0.6 is 34.8 Å². The maximum Gasteiger partial charge on any atom is 0.273 e. The van der Waals surface area contributed by atoms with Crippen LogP contribution in [0.4, 0.5) is 11.6 Å². The van der Waals surface area contributed by atoms with E-state index in [0.29, 0.717) is 5.56 Å². The molecule has 0 radical (unpaired) electrons. The summed E-state index contributed by atoms with van der Waals surface area (Å²) in [5, 5.41) is 20.4. The molecular formula is C11H8Cl3N5O3. The molecule has 0 spiro atoms. The first kappa shape index (κ1) is 16.5. The van der Waals surface area contributed by atoms with Gasteiger partial charge in [-0.15, -0.1) is 0 Å². The molecular weight excluding hydrogens is 357 g/mol. The highest BCUT2D eigenvalue weighted by Crippen LogP contribution is 2.36. The van der Waals surface area contributed by atoms with Gasteiger partial charge in [0.15, 0.2) is 5.82 Å². The first-order chi connectivity index (χ1) is 10.2. The molecule has 116 valence electrons. The summed E-state index contributed by atoms with van der Waals surface area (Å²) in [6.45, 7) is 0. The second kappa shape index (κ2) is 6.07. The van der Waals surface area contributed by atoms with Crippen molar-refractivity contribution in [1.29, 1.82) is 0 Å². The van der Waals surface area contributed by atoms with Crippen molar-refractivity contribution in [3.8, 4) is 5.75 Å². The lowest BCUT2D eigenvalue weighted by atomic mass is 10.1. The Kier molecular flexibility index (Phi) is 4.55. The van der Waals surface area contributed by atoms with Crippen LogP contribution in [0.15, 0.2) is 18.2 Å². The van der Waals surface area contributed by atoms with Crippen molar-refractivity contribution >= 4 is 46.4 Å². The monoisotopic (exact) mass is 363 g/mol. The molecule has 2 aromatic rings. The van der Waals surface area contributed by atoms with Crippen molar-refractivity contribution in [3.63, 3.8) is 0 Å². The number of nitro benzene ring substituents is 1. The van der Waals surface area contributed by atoms with Gasteiger partial charge in [0.05, 0.1) is 11.0 Å². The van der Waals surface area contributed by atoms with Crippen molar-refractivity contribution in [2.24, 2.45) is 0 Å². The average Bonchev–Trinajstić information content (AvgIpc) is 2.39. The van der Waals surface area contributed by atoms with E-state index in [9.17, 15) is 15.2 Å². The van der Waals surface area contributed by atoms with Gasteiger partial charge >= 0.3 is 0 Å². The summed E-state index contributed by atoms with van der Waals surface area (Å²) in [4.78, 5) is 21.5. The number of nitrogens with two attached hydrogens (primary N) is 1. The Bertz CT molecular complexity index is 735. The largest absolute Gasteiger partial charge is 0.507 e. The Hall–Kier alpha value is -1.90. The highest BCUT2D eigenvalue weighted by atomic mass is 35.6. The number of halogens is 3. The number of phenols is 1. The van der Waals surface area contributed by atoms with Gasteiger partial charge in [-0.05, 0) is 6.07 Å². The molecule has 1 aromatic heterocycles. The molecule has 11 heteroatoms. The van der Waals surface area contributed by atoms with E-state index in [2.05, 4.69) is 15.0 Å².